The molecule has 0 amide bonds. The molecule has 0 fully saturated rings. The van der Waals surface area contributed by atoms with E-state index in [0.29, 0.717) is 27.6 Å². The third-order valence-corrected chi connectivity index (χ3v) is 5.00. The largest absolute Gasteiger partial charge is 0.416 e. The first-order valence-electron chi connectivity index (χ1n) is 9.29. The van der Waals surface area contributed by atoms with Crippen molar-refractivity contribution in [2.45, 2.75) is 6.18 Å². The molecule has 0 radical (unpaired) electrons. The maximum atomic E-state index is 13.3. The lowest BCUT2D eigenvalue weighted by molar-refractivity contribution is -0.137. The van der Waals surface area contributed by atoms with E-state index in [-0.39, 0.29) is 5.69 Å². The molecule has 9 heteroatoms. The standard InChI is InChI=1S/C22H14F3N5O/c1-29-12-14(11-27-29)17-6-7-18-20(28-17)21-13(10-26-18)5-8-19(31)30(21)16-4-2-3-15(9-16)22(23,24)25/h2-12H,1H3. The number of aromatic nitrogens is 5. The summed E-state index contributed by atoms with van der Waals surface area (Å²) in [5.74, 6) is 0. The number of rotatable bonds is 2. The maximum absolute atomic E-state index is 13.3. The van der Waals surface area contributed by atoms with Crippen LogP contribution >= 0.6 is 0 Å². The van der Waals surface area contributed by atoms with Gasteiger partial charge in [-0.3, -0.25) is 19.0 Å². The number of nitrogens with zero attached hydrogens (tertiary/aromatic N) is 5. The van der Waals surface area contributed by atoms with Crippen LogP contribution in [0.1, 0.15) is 5.56 Å². The van der Waals surface area contributed by atoms with Crippen LogP contribution in [0.2, 0.25) is 0 Å². The Balaban J connectivity index is 1.85. The highest BCUT2D eigenvalue weighted by Gasteiger charge is 2.30. The van der Waals surface area contributed by atoms with Crippen molar-refractivity contribution >= 4 is 21.9 Å². The molecule has 0 saturated carbocycles. The van der Waals surface area contributed by atoms with Crippen molar-refractivity contribution in [2.75, 3.05) is 0 Å². The minimum atomic E-state index is -4.53. The Hall–Kier alpha value is -4.01. The first kappa shape index (κ1) is 19.0. The van der Waals surface area contributed by atoms with E-state index >= 15 is 0 Å². The Morgan fingerprint density at radius 1 is 1.00 bits per heavy atom. The van der Waals surface area contributed by atoms with Crippen molar-refractivity contribution in [3.8, 4) is 16.9 Å². The molecule has 6 nitrogen and oxygen atoms in total. The maximum Gasteiger partial charge on any atom is 0.416 e. The van der Waals surface area contributed by atoms with Gasteiger partial charge in [0.2, 0.25) is 0 Å². The van der Waals surface area contributed by atoms with Gasteiger partial charge in [-0.1, -0.05) is 6.07 Å². The van der Waals surface area contributed by atoms with E-state index in [2.05, 4.69) is 15.1 Å². The van der Waals surface area contributed by atoms with Gasteiger partial charge in [-0.25, -0.2) is 4.98 Å². The number of pyridine rings is 3. The lowest BCUT2D eigenvalue weighted by atomic mass is 10.1. The fraction of sp³-hybridized carbons (Fsp3) is 0.0909. The molecule has 0 saturated heterocycles. The monoisotopic (exact) mass is 421 g/mol. The van der Waals surface area contributed by atoms with Crippen LogP contribution in [0.5, 0.6) is 0 Å². The van der Waals surface area contributed by atoms with Crippen LogP contribution in [0, 0.1) is 0 Å². The molecule has 0 N–H and O–H groups in total. The van der Waals surface area contributed by atoms with Crippen molar-refractivity contribution in [3.63, 3.8) is 0 Å². The van der Waals surface area contributed by atoms with Gasteiger partial charge in [-0.2, -0.15) is 18.3 Å². The van der Waals surface area contributed by atoms with Crippen LogP contribution in [-0.4, -0.2) is 24.3 Å². The van der Waals surface area contributed by atoms with Crippen LogP contribution in [-0.2, 0) is 13.2 Å². The van der Waals surface area contributed by atoms with Crippen molar-refractivity contribution in [2.24, 2.45) is 7.05 Å². The third-order valence-electron chi connectivity index (χ3n) is 5.00. The Kier molecular flexibility index (Phi) is 4.14. The average molecular weight is 421 g/mol. The zero-order valence-corrected chi connectivity index (χ0v) is 16.1. The topological polar surface area (TPSA) is 65.6 Å². The molecule has 154 valence electrons. The predicted octanol–water partition coefficient (Wildman–Crippen LogP) is 4.35. The molecule has 0 atom stereocenters. The number of alkyl halides is 3. The third kappa shape index (κ3) is 3.24. The van der Waals surface area contributed by atoms with Gasteiger partial charge in [0.25, 0.3) is 5.56 Å². The second-order valence-corrected chi connectivity index (χ2v) is 7.08. The second kappa shape index (κ2) is 6.76. The molecule has 1 aromatic carbocycles. The summed E-state index contributed by atoms with van der Waals surface area (Å²) in [5.41, 5.74) is 1.51. The Morgan fingerprint density at radius 3 is 2.58 bits per heavy atom. The van der Waals surface area contributed by atoms with Gasteiger partial charge in [0.15, 0.2) is 0 Å². The summed E-state index contributed by atoms with van der Waals surface area (Å²) in [5, 5.41) is 4.73. The Labute approximate surface area is 173 Å². The zero-order chi connectivity index (χ0) is 21.8. The quantitative estimate of drug-likeness (QED) is 0.398. The lowest BCUT2D eigenvalue weighted by Crippen LogP contribution is -2.18. The number of aryl methyl sites for hydroxylation is 1. The van der Waals surface area contributed by atoms with Gasteiger partial charge in [0.05, 0.1) is 28.5 Å². The molecule has 4 heterocycles. The number of hydrogen-bond acceptors (Lipinski definition) is 4. The summed E-state index contributed by atoms with van der Waals surface area (Å²) in [4.78, 5) is 21.9. The smallest absolute Gasteiger partial charge is 0.275 e. The van der Waals surface area contributed by atoms with E-state index in [4.69, 9.17) is 0 Å². The van der Waals surface area contributed by atoms with Crippen molar-refractivity contribution < 1.29 is 13.2 Å². The van der Waals surface area contributed by atoms with Gasteiger partial charge < -0.3 is 0 Å². The predicted molar refractivity (Wildman–Crippen MR) is 110 cm³/mol. The minimum absolute atomic E-state index is 0.103. The molecule has 4 aromatic heterocycles. The van der Waals surface area contributed by atoms with Gasteiger partial charge in [0, 0.05) is 42.1 Å². The van der Waals surface area contributed by atoms with Gasteiger partial charge >= 0.3 is 6.18 Å². The van der Waals surface area contributed by atoms with Crippen LogP contribution in [0.15, 0.2) is 71.9 Å². The van der Waals surface area contributed by atoms with E-state index in [9.17, 15) is 18.0 Å². The van der Waals surface area contributed by atoms with E-state index < -0.39 is 17.3 Å². The lowest BCUT2D eigenvalue weighted by Gasteiger charge is -2.14. The highest BCUT2D eigenvalue weighted by molar-refractivity contribution is 6.02. The molecule has 0 unspecified atom stereocenters. The second-order valence-electron chi connectivity index (χ2n) is 7.08. The summed E-state index contributed by atoms with van der Waals surface area (Å²) in [6.07, 6.45) is 0.505. The summed E-state index contributed by atoms with van der Waals surface area (Å²) in [7, 11) is 1.78. The molecule has 5 rings (SSSR count). The van der Waals surface area contributed by atoms with E-state index in [1.54, 1.807) is 48.5 Å². The fourth-order valence-electron chi connectivity index (χ4n) is 3.56. The molecule has 5 aromatic rings. The van der Waals surface area contributed by atoms with Crippen molar-refractivity contribution in [1.82, 2.24) is 24.3 Å². The Bertz CT molecular complexity index is 1520. The minimum Gasteiger partial charge on any atom is -0.275 e. The van der Waals surface area contributed by atoms with Crippen LogP contribution in [0.3, 0.4) is 0 Å². The van der Waals surface area contributed by atoms with Crippen LogP contribution < -0.4 is 5.56 Å². The molecular formula is C22H14F3N5O. The number of fused-ring (bicyclic) bond motifs is 3. The fourth-order valence-corrected chi connectivity index (χ4v) is 3.56. The van der Waals surface area contributed by atoms with Crippen molar-refractivity contribution in [1.29, 1.82) is 0 Å². The normalized spacial score (nSPS) is 12.0. The summed E-state index contributed by atoms with van der Waals surface area (Å²) < 4.78 is 42.7. The van der Waals surface area contributed by atoms with Crippen LogP contribution in [0.25, 0.3) is 38.9 Å². The first-order valence-corrected chi connectivity index (χ1v) is 9.29. The zero-order valence-electron chi connectivity index (χ0n) is 16.1. The average Bonchev–Trinajstić information content (AvgIpc) is 3.19. The van der Waals surface area contributed by atoms with Crippen LogP contribution in [0.4, 0.5) is 13.2 Å². The SMILES string of the molecule is Cn1cc(-c2ccc3ncc4ccc(=O)n(-c5cccc(C(F)(F)F)c5)c4c3n2)cn1. The molecular weight excluding hydrogens is 407 g/mol. The highest BCUT2D eigenvalue weighted by Crippen LogP contribution is 2.31. The number of halogens is 3. The van der Waals surface area contributed by atoms with E-state index in [1.165, 1.54) is 22.8 Å². The first-order chi connectivity index (χ1) is 14.8. The molecule has 0 aliphatic carbocycles. The summed E-state index contributed by atoms with van der Waals surface area (Å²) in [6.45, 7) is 0. The van der Waals surface area contributed by atoms with Crippen molar-refractivity contribution in [3.05, 3.63) is 83.0 Å². The molecule has 0 spiro atoms. The number of benzene rings is 1. The van der Waals surface area contributed by atoms with Gasteiger partial charge in [-0.05, 0) is 36.4 Å². The Morgan fingerprint density at radius 2 is 1.84 bits per heavy atom. The summed E-state index contributed by atoms with van der Waals surface area (Å²) in [6, 6.07) is 11.1. The number of hydrogen-bond donors (Lipinski definition) is 0. The van der Waals surface area contributed by atoms with E-state index in [0.717, 1.165) is 17.7 Å². The summed E-state index contributed by atoms with van der Waals surface area (Å²) >= 11 is 0. The van der Waals surface area contributed by atoms with Gasteiger partial charge in [-0.15, -0.1) is 0 Å². The van der Waals surface area contributed by atoms with E-state index in [1.807, 2.05) is 0 Å². The highest BCUT2D eigenvalue weighted by atomic mass is 19.4. The van der Waals surface area contributed by atoms with Gasteiger partial charge in [0.1, 0.15) is 5.52 Å². The molecule has 0 bridgehead atoms. The molecule has 0 aliphatic rings. The molecule has 0 aliphatic heterocycles. The molecule has 31 heavy (non-hydrogen) atoms.